The van der Waals surface area contributed by atoms with Crippen LogP contribution in [0.4, 0.5) is 10.5 Å². The summed E-state index contributed by atoms with van der Waals surface area (Å²) in [6.45, 7) is 5.89. The van der Waals surface area contributed by atoms with Crippen LogP contribution in [0.5, 0.6) is 0 Å². The molecule has 8 heteroatoms. The summed E-state index contributed by atoms with van der Waals surface area (Å²) in [5.41, 5.74) is 0.403. The van der Waals surface area contributed by atoms with Gasteiger partial charge in [0.2, 0.25) is 0 Å². The van der Waals surface area contributed by atoms with E-state index in [1.54, 1.807) is 39.0 Å². The minimum absolute atomic E-state index is 0.0830. The Labute approximate surface area is 154 Å². The van der Waals surface area contributed by atoms with Crippen LogP contribution in [0.15, 0.2) is 22.7 Å². The normalized spacial score (nSPS) is 17.8. The lowest BCUT2D eigenvalue weighted by molar-refractivity contribution is -0.143. The van der Waals surface area contributed by atoms with Crippen molar-refractivity contribution in [3.63, 3.8) is 0 Å². The van der Waals surface area contributed by atoms with E-state index in [9.17, 15) is 20.0 Å². The molecule has 1 heterocycles. The highest BCUT2D eigenvalue weighted by atomic mass is 79.9. The second-order valence-corrected chi connectivity index (χ2v) is 7.66. The van der Waals surface area contributed by atoms with Crippen molar-refractivity contribution < 1.29 is 19.4 Å². The van der Waals surface area contributed by atoms with Crippen LogP contribution < -0.4 is 4.90 Å². The Kier molecular flexibility index (Phi) is 5.58. The molecule has 1 aromatic carbocycles. The third-order valence-electron chi connectivity index (χ3n) is 3.71. The third kappa shape index (κ3) is 4.63. The van der Waals surface area contributed by atoms with Crippen LogP contribution in [0.25, 0.3) is 0 Å². The fourth-order valence-corrected chi connectivity index (χ4v) is 2.96. The van der Waals surface area contributed by atoms with Gasteiger partial charge in [-0.05, 0) is 39.0 Å². The summed E-state index contributed by atoms with van der Waals surface area (Å²) in [7, 11) is 0. The molecule has 1 aromatic rings. The Morgan fingerprint density at radius 3 is 2.60 bits per heavy atom. The van der Waals surface area contributed by atoms with Crippen LogP contribution in [-0.2, 0) is 9.53 Å². The zero-order chi connectivity index (χ0) is 18.8. The van der Waals surface area contributed by atoms with Gasteiger partial charge in [0.25, 0.3) is 0 Å². The van der Waals surface area contributed by atoms with E-state index in [-0.39, 0.29) is 13.1 Å². The fourth-order valence-electron chi connectivity index (χ4n) is 2.61. The lowest BCUT2D eigenvalue weighted by Gasteiger charge is -2.40. The first-order chi connectivity index (χ1) is 11.6. The van der Waals surface area contributed by atoms with Gasteiger partial charge in [-0.25, -0.2) is 9.59 Å². The number of halogens is 1. The van der Waals surface area contributed by atoms with Gasteiger partial charge in [0.15, 0.2) is 0 Å². The smallest absolute Gasteiger partial charge is 0.411 e. The fraction of sp³-hybridized carbons (Fsp3) is 0.471. The van der Waals surface area contributed by atoms with Crippen molar-refractivity contribution in [3.8, 4) is 6.07 Å². The number of nitrogens with zero attached hydrogens (tertiary/aromatic N) is 3. The number of anilines is 1. The molecule has 0 bridgehead atoms. The Hall–Kier alpha value is -2.27. The zero-order valence-corrected chi connectivity index (χ0v) is 15.9. The van der Waals surface area contributed by atoms with E-state index in [4.69, 9.17) is 4.74 Å². The number of carboxylic acids is 1. The SMILES string of the molecule is CC(C)(C)OC(=O)N1CCN(c2cc(Br)ccc2C#N)C[C@H]1C(=O)O. The number of rotatable bonds is 2. The molecule has 1 atom stereocenters. The molecular formula is C17H20BrN3O4. The molecular weight excluding hydrogens is 390 g/mol. The van der Waals surface area contributed by atoms with Crippen molar-refractivity contribution in [2.24, 2.45) is 0 Å². The molecule has 0 radical (unpaired) electrons. The molecule has 1 fully saturated rings. The molecule has 7 nitrogen and oxygen atoms in total. The van der Waals surface area contributed by atoms with Gasteiger partial charge >= 0.3 is 12.1 Å². The Balaban J connectivity index is 2.25. The van der Waals surface area contributed by atoms with Gasteiger partial charge in [-0.3, -0.25) is 4.90 Å². The molecule has 0 spiro atoms. The average molecular weight is 410 g/mol. The predicted octanol–water partition coefficient (Wildman–Crippen LogP) is 2.83. The number of piperazine rings is 1. The number of hydrogen-bond acceptors (Lipinski definition) is 5. The number of benzene rings is 1. The van der Waals surface area contributed by atoms with Gasteiger partial charge in [-0.2, -0.15) is 5.26 Å². The topological polar surface area (TPSA) is 93.9 Å². The molecule has 1 N–H and O–H groups in total. The van der Waals surface area contributed by atoms with Crippen LogP contribution in [0.2, 0.25) is 0 Å². The first-order valence-corrected chi connectivity index (χ1v) is 8.58. The number of carbonyl (C=O) groups is 2. The summed E-state index contributed by atoms with van der Waals surface area (Å²) in [5, 5.41) is 18.8. The van der Waals surface area contributed by atoms with Crippen LogP contribution in [0.3, 0.4) is 0 Å². The van der Waals surface area contributed by atoms with Gasteiger partial charge < -0.3 is 14.7 Å². The molecule has 1 aliphatic rings. The van der Waals surface area contributed by atoms with Crippen molar-refractivity contribution in [3.05, 3.63) is 28.2 Å². The number of hydrogen-bond donors (Lipinski definition) is 1. The van der Waals surface area contributed by atoms with Crippen LogP contribution in [-0.4, -0.2) is 53.3 Å². The van der Waals surface area contributed by atoms with E-state index in [1.165, 1.54) is 4.90 Å². The maximum Gasteiger partial charge on any atom is 0.411 e. The van der Waals surface area contributed by atoms with Crippen molar-refractivity contribution >= 4 is 33.7 Å². The van der Waals surface area contributed by atoms with E-state index in [2.05, 4.69) is 22.0 Å². The first kappa shape index (κ1) is 19.1. The Bertz CT molecular complexity index is 724. The summed E-state index contributed by atoms with van der Waals surface area (Å²) >= 11 is 3.37. The van der Waals surface area contributed by atoms with Gasteiger partial charge in [-0.1, -0.05) is 15.9 Å². The van der Waals surface area contributed by atoms with E-state index in [0.29, 0.717) is 17.8 Å². The second kappa shape index (κ2) is 7.31. The highest BCUT2D eigenvalue weighted by Gasteiger charge is 2.38. The van der Waals surface area contributed by atoms with Gasteiger partial charge in [0, 0.05) is 24.1 Å². The maximum atomic E-state index is 12.3. The largest absolute Gasteiger partial charge is 0.480 e. The minimum Gasteiger partial charge on any atom is -0.480 e. The molecule has 0 saturated carbocycles. The summed E-state index contributed by atoms with van der Waals surface area (Å²) in [4.78, 5) is 27.0. The predicted molar refractivity (Wildman–Crippen MR) is 95.4 cm³/mol. The van der Waals surface area contributed by atoms with Gasteiger partial charge in [0.1, 0.15) is 17.7 Å². The van der Waals surface area contributed by atoms with Crippen molar-refractivity contribution in [1.29, 1.82) is 5.26 Å². The number of carboxylic acid groups (broad SMARTS) is 1. The van der Waals surface area contributed by atoms with Crippen LogP contribution in [0.1, 0.15) is 26.3 Å². The second-order valence-electron chi connectivity index (χ2n) is 6.75. The van der Waals surface area contributed by atoms with Gasteiger partial charge in [0.05, 0.1) is 11.3 Å². The van der Waals surface area contributed by atoms with Crippen molar-refractivity contribution in [2.75, 3.05) is 24.5 Å². The molecule has 1 amide bonds. The number of amides is 1. The van der Waals surface area contributed by atoms with Crippen molar-refractivity contribution in [2.45, 2.75) is 32.4 Å². The molecule has 0 aliphatic carbocycles. The molecule has 2 rings (SSSR count). The maximum absolute atomic E-state index is 12.3. The Morgan fingerprint density at radius 1 is 1.36 bits per heavy atom. The molecule has 25 heavy (non-hydrogen) atoms. The van der Waals surface area contributed by atoms with E-state index in [1.807, 2.05) is 4.90 Å². The minimum atomic E-state index is -1.11. The zero-order valence-electron chi connectivity index (χ0n) is 14.3. The molecule has 1 aliphatic heterocycles. The number of nitriles is 1. The monoisotopic (exact) mass is 409 g/mol. The highest BCUT2D eigenvalue weighted by Crippen LogP contribution is 2.27. The van der Waals surface area contributed by atoms with Crippen LogP contribution in [0, 0.1) is 11.3 Å². The summed E-state index contributed by atoms with van der Waals surface area (Å²) < 4.78 is 6.10. The molecule has 0 aromatic heterocycles. The third-order valence-corrected chi connectivity index (χ3v) is 4.21. The molecule has 1 saturated heterocycles. The lowest BCUT2D eigenvalue weighted by atomic mass is 10.1. The highest BCUT2D eigenvalue weighted by molar-refractivity contribution is 9.10. The molecule has 134 valence electrons. The lowest BCUT2D eigenvalue weighted by Crippen LogP contribution is -2.59. The molecule has 0 unspecified atom stereocenters. The van der Waals surface area contributed by atoms with E-state index < -0.39 is 23.7 Å². The average Bonchev–Trinajstić information content (AvgIpc) is 2.52. The summed E-state index contributed by atoms with van der Waals surface area (Å²) in [6.07, 6.45) is -0.644. The number of ether oxygens (including phenoxy) is 1. The van der Waals surface area contributed by atoms with Gasteiger partial charge in [-0.15, -0.1) is 0 Å². The standard InChI is InChI=1S/C17H20BrN3O4/c1-17(2,3)25-16(24)21-7-6-20(10-14(21)15(22)23)13-8-12(18)5-4-11(13)9-19/h4-5,8,14H,6-7,10H2,1-3H3,(H,22,23)/t14-/m0/s1. The van der Waals surface area contributed by atoms with Crippen LogP contribution >= 0.6 is 15.9 Å². The number of aliphatic carboxylic acids is 1. The van der Waals surface area contributed by atoms with Crippen molar-refractivity contribution in [1.82, 2.24) is 4.90 Å². The summed E-state index contributed by atoms with van der Waals surface area (Å²) in [6, 6.07) is 6.28. The van der Waals surface area contributed by atoms with E-state index >= 15 is 0 Å². The summed E-state index contributed by atoms with van der Waals surface area (Å²) in [5.74, 6) is -1.11. The number of carbonyl (C=O) groups excluding carboxylic acids is 1. The Morgan fingerprint density at radius 2 is 2.04 bits per heavy atom. The first-order valence-electron chi connectivity index (χ1n) is 7.79. The quantitative estimate of drug-likeness (QED) is 0.806. The van der Waals surface area contributed by atoms with E-state index in [0.717, 1.165) is 4.47 Å².